The predicted octanol–water partition coefficient (Wildman–Crippen LogP) is 7.32. The number of benzene rings is 6. The molecule has 6 aromatic rings. The number of carbonyl (C=O) groups is 2. The summed E-state index contributed by atoms with van der Waals surface area (Å²) in [5, 5.41) is 18.7. The zero-order chi connectivity index (χ0) is 36.0. The highest BCUT2D eigenvalue weighted by molar-refractivity contribution is 7.97. The van der Waals surface area contributed by atoms with E-state index in [4.69, 9.17) is 0 Å². The Balaban J connectivity index is 0.000000174. The van der Waals surface area contributed by atoms with E-state index in [0.29, 0.717) is 0 Å². The van der Waals surface area contributed by atoms with E-state index in [9.17, 15) is 37.4 Å². The largest absolute Gasteiger partial charge is 0.544 e. The Morgan fingerprint density at radius 3 is 0.600 bits per heavy atom. The van der Waals surface area contributed by atoms with Crippen LogP contribution in [0, 0.1) is 0 Å². The zero-order valence-corrected chi connectivity index (χ0v) is 27.9. The summed E-state index contributed by atoms with van der Waals surface area (Å²) in [4.78, 5) is 26.8. The third-order valence-electron chi connectivity index (χ3n) is 6.78. The molecule has 10 heteroatoms. The molecule has 0 aliphatic heterocycles. The number of carbonyl (C=O) groups excluding carboxylic acids is 2. The van der Waals surface area contributed by atoms with E-state index < -0.39 is 23.8 Å². The number of alkyl halides is 4. The zero-order valence-electron chi connectivity index (χ0n) is 26.3. The molecule has 6 aromatic carbocycles. The first-order chi connectivity index (χ1) is 24.0. The van der Waals surface area contributed by atoms with Crippen LogP contribution in [0.25, 0.3) is 0 Å². The predicted molar refractivity (Wildman–Crippen MR) is 183 cm³/mol. The Morgan fingerprint density at radius 2 is 0.480 bits per heavy atom. The lowest BCUT2D eigenvalue weighted by Gasteiger charge is -2.27. The molecular formula is C40H30F4O4S2. The van der Waals surface area contributed by atoms with Crippen LogP contribution in [0.1, 0.15) is 0 Å². The molecule has 0 radical (unpaired) electrons. The first kappa shape index (κ1) is 37.5. The quantitative estimate of drug-likeness (QED) is 0.116. The molecule has 0 aromatic heterocycles. The second-order valence-electron chi connectivity index (χ2n) is 10.2. The summed E-state index contributed by atoms with van der Waals surface area (Å²) in [7, 11) is -0.0293. The summed E-state index contributed by atoms with van der Waals surface area (Å²) < 4.78 is 47.0. The van der Waals surface area contributed by atoms with Crippen molar-refractivity contribution in [1.82, 2.24) is 0 Å². The van der Waals surface area contributed by atoms with Crippen LogP contribution >= 0.6 is 0 Å². The van der Waals surface area contributed by atoms with Crippen molar-refractivity contribution in [3.05, 3.63) is 182 Å². The van der Waals surface area contributed by atoms with Gasteiger partial charge < -0.3 is 19.8 Å². The number of hydrogen-bond acceptors (Lipinski definition) is 4. The summed E-state index contributed by atoms with van der Waals surface area (Å²) in [5.74, 6) is -18.5. The van der Waals surface area contributed by atoms with Crippen LogP contribution in [0.2, 0.25) is 0 Å². The first-order valence-corrected chi connectivity index (χ1v) is 17.5. The third kappa shape index (κ3) is 9.64. The molecule has 0 fully saturated rings. The molecule has 6 rings (SSSR count). The van der Waals surface area contributed by atoms with E-state index in [0.717, 1.165) is 0 Å². The molecular weight excluding hydrogens is 685 g/mol. The lowest BCUT2D eigenvalue weighted by Crippen LogP contribution is -2.61. The van der Waals surface area contributed by atoms with E-state index in [-0.39, 0.29) is 21.8 Å². The molecule has 0 aliphatic rings. The third-order valence-corrected chi connectivity index (χ3v) is 11.2. The molecule has 0 saturated carbocycles. The molecule has 4 nitrogen and oxygen atoms in total. The molecule has 254 valence electrons. The van der Waals surface area contributed by atoms with Gasteiger partial charge in [-0.15, -0.1) is 0 Å². The monoisotopic (exact) mass is 714 g/mol. The number of hydrogen-bond donors (Lipinski definition) is 0. The Hall–Kier alpha value is -5.32. The average Bonchev–Trinajstić information content (AvgIpc) is 3.15. The standard InChI is InChI=1S/2C18H15S.C4H2F4O4/c2*1-4-10-16(11-5-1)19(17-12-6-2-7-13-17)18-14-8-3-9-15-18;5-3(6,1(9)10)4(7,8)2(11)12/h2*1-15H;(H,9,10)(H,11,12)/q2*+1;/p-2. The van der Waals surface area contributed by atoms with Crippen molar-refractivity contribution in [3.63, 3.8) is 0 Å². The maximum absolute atomic E-state index is 11.7. The smallest absolute Gasteiger partial charge is 0.354 e. The van der Waals surface area contributed by atoms with Gasteiger partial charge in [0.1, 0.15) is 11.9 Å². The van der Waals surface area contributed by atoms with E-state index in [1.54, 1.807) is 0 Å². The van der Waals surface area contributed by atoms with Crippen LogP contribution in [0.5, 0.6) is 0 Å². The van der Waals surface area contributed by atoms with Crippen LogP contribution < -0.4 is 10.2 Å². The fraction of sp³-hybridized carbons (Fsp3) is 0.0500. The Labute approximate surface area is 293 Å². The summed E-state index contributed by atoms with van der Waals surface area (Å²) in [6.07, 6.45) is 0. The molecule has 0 atom stereocenters. The van der Waals surface area contributed by atoms with Crippen LogP contribution in [-0.4, -0.2) is 23.8 Å². The van der Waals surface area contributed by atoms with Gasteiger partial charge in [-0.05, 0) is 72.8 Å². The molecule has 0 aliphatic carbocycles. The Kier molecular flexibility index (Phi) is 13.4. The van der Waals surface area contributed by atoms with Crippen molar-refractivity contribution >= 4 is 33.7 Å². The van der Waals surface area contributed by atoms with Gasteiger partial charge in [0.05, 0.1) is 21.8 Å². The molecule has 0 spiro atoms. The lowest BCUT2D eigenvalue weighted by atomic mass is 10.2. The van der Waals surface area contributed by atoms with Gasteiger partial charge in [0.2, 0.25) is 0 Å². The summed E-state index contributed by atoms with van der Waals surface area (Å²) in [6, 6.07) is 64.3. The number of aliphatic carboxylic acids is 2. The maximum Gasteiger partial charge on any atom is 0.354 e. The second-order valence-corrected chi connectivity index (χ2v) is 14.3. The second kappa shape index (κ2) is 17.9. The molecule has 0 heterocycles. The number of rotatable bonds is 9. The normalized spacial score (nSPS) is 11.1. The summed E-state index contributed by atoms with van der Waals surface area (Å²) in [6.45, 7) is 0. The van der Waals surface area contributed by atoms with Gasteiger partial charge in [-0.25, -0.2) is 0 Å². The van der Waals surface area contributed by atoms with Gasteiger partial charge in [-0.1, -0.05) is 109 Å². The van der Waals surface area contributed by atoms with Gasteiger partial charge in [-0.3, -0.25) is 0 Å². The van der Waals surface area contributed by atoms with Crippen LogP contribution in [0.15, 0.2) is 211 Å². The van der Waals surface area contributed by atoms with Crippen LogP contribution in [0.4, 0.5) is 17.6 Å². The maximum atomic E-state index is 11.7. The van der Waals surface area contributed by atoms with Crippen molar-refractivity contribution in [2.24, 2.45) is 0 Å². The summed E-state index contributed by atoms with van der Waals surface area (Å²) >= 11 is 0. The van der Waals surface area contributed by atoms with Crippen molar-refractivity contribution < 1.29 is 37.4 Å². The highest BCUT2D eigenvalue weighted by Gasteiger charge is 2.59. The minimum atomic E-state index is -5.77. The molecule has 0 saturated heterocycles. The Morgan fingerprint density at radius 1 is 0.340 bits per heavy atom. The van der Waals surface area contributed by atoms with E-state index in [1.807, 2.05) is 0 Å². The van der Waals surface area contributed by atoms with E-state index in [1.165, 1.54) is 29.4 Å². The topological polar surface area (TPSA) is 80.3 Å². The highest BCUT2D eigenvalue weighted by Crippen LogP contribution is 2.34. The van der Waals surface area contributed by atoms with E-state index in [2.05, 4.69) is 182 Å². The minimum absolute atomic E-state index is 0.0146. The van der Waals surface area contributed by atoms with Crippen molar-refractivity contribution in [2.45, 2.75) is 41.2 Å². The van der Waals surface area contributed by atoms with Gasteiger partial charge in [0.15, 0.2) is 29.4 Å². The number of carboxylic acids is 2. The van der Waals surface area contributed by atoms with Gasteiger partial charge >= 0.3 is 11.8 Å². The number of carboxylic acid groups (broad SMARTS) is 2. The summed E-state index contributed by atoms with van der Waals surface area (Å²) in [5.41, 5.74) is 0. The van der Waals surface area contributed by atoms with Gasteiger partial charge in [0.25, 0.3) is 0 Å². The Bertz CT molecular complexity index is 1570. The van der Waals surface area contributed by atoms with Crippen molar-refractivity contribution in [2.75, 3.05) is 0 Å². The molecule has 0 bridgehead atoms. The SMILES string of the molecule is O=C([O-])C(F)(F)C(F)(F)C(=O)[O-].c1ccc([S+](c2ccccc2)c2ccccc2)cc1.c1ccc([S+](c2ccccc2)c2ccccc2)cc1. The van der Waals surface area contributed by atoms with Crippen LogP contribution in [-0.2, 0) is 31.4 Å². The lowest BCUT2D eigenvalue weighted by molar-refractivity contribution is -0.371. The molecule has 0 amide bonds. The highest BCUT2D eigenvalue weighted by atomic mass is 32.2. The van der Waals surface area contributed by atoms with Gasteiger partial charge in [0, 0.05) is 0 Å². The fourth-order valence-electron chi connectivity index (χ4n) is 4.41. The minimum Gasteiger partial charge on any atom is -0.544 e. The van der Waals surface area contributed by atoms with Gasteiger partial charge in [-0.2, -0.15) is 17.6 Å². The molecule has 0 N–H and O–H groups in total. The van der Waals surface area contributed by atoms with Crippen molar-refractivity contribution in [3.8, 4) is 0 Å². The average molecular weight is 715 g/mol. The van der Waals surface area contributed by atoms with E-state index >= 15 is 0 Å². The number of halogens is 4. The first-order valence-electron chi connectivity index (χ1n) is 15.0. The van der Waals surface area contributed by atoms with Crippen molar-refractivity contribution in [1.29, 1.82) is 0 Å². The molecule has 0 unspecified atom stereocenters. The molecule has 50 heavy (non-hydrogen) atoms. The fourth-order valence-corrected chi connectivity index (χ4v) is 8.62. The van der Waals surface area contributed by atoms with Crippen LogP contribution in [0.3, 0.4) is 0 Å².